The van der Waals surface area contributed by atoms with Gasteiger partial charge in [-0.3, -0.25) is 9.59 Å². The van der Waals surface area contributed by atoms with E-state index in [9.17, 15) is 14.4 Å². The van der Waals surface area contributed by atoms with Gasteiger partial charge in [0.25, 0.3) is 11.8 Å². The summed E-state index contributed by atoms with van der Waals surface area (Å²) in [4.78, 5) is 35.5. The molecule has 10 heteroatoms. The van der Waals surface area contributed by atoms with Gasteiger partial charge in [-0.2, -0.15) is 0 Å². The summed E-state index contributed by atoms with van der Waals surface area (Å²) in [5.74, 6) is -1.86. The minimum atomic E-state index is -1.08. The molecule has 10 nitrogen and oxygen atoms in total. The Hall–Kier alpha value is -4.21. The van der Waals surface area contributed by atoms with Gasteiger partial charge in [0.05, 0.1) is 17.6 Å². The molecule has 1 atom stereocenters. The number of carboxylic acid groups (broad SMARTS) is 1. The number of carbonyl (C=O) groups is 3. The molecule has 30 heavy (non-hydrogen) atoms. The first-order chi connectivity index (χ1) is 14.3. The summed E-state index contributed by atoms with van der Waals surface area (Å²) in [7, 11) is 0. The van der Waals surface area contributed by atoms with Crippen molar-refractivity contribution in [1.29, 1.82) is 0 Å². The number of para-hydroxylation sites is 2. The topological polar surface area (TPSA) is 152 Å². The first kappa shape index (κ1) is 20.5. The molecule has 0 aliphatic rings. The predicted octanol–water partition coefficient (Wildman–Crippen LogP) is 1.69. The summed E-state index contributed by atoms with van der Waals surface area (Å²) in [6, 6.07) is 12.7. The molecule has 5 N–H and O–H groups in total. The molecule has 0 bridgehead atoms. The Labute approximate surface area is 171 Å². The van der Waals surface area contributed by atoms with Crippen molar-refractivity contribution in [2.45, 2.75) is 19.5 Å². The summed E-state index contributed by atoms with van der Waals surface area (Å²) in [5, 5.41) is 21.7. The van der Waals surface area contributed by atoms with Crippen molar-refractivity contribution in [1.82, 2.24) is 20.3 Å². The van der Waals surface area contributed by atoms with Crippen molar-refractivity contribution in [2.24, 2.45) is 0 Å². The number of nitrogens with zero attached hydrogens (tertiary/aromatic N) is 3. The van der Waals surface area contributed by atoms with Crippen molar-refractivity contribution in [3.8, 4) is 0 Å². The van der Waals surface area contributed by atoms with Crippen LogP contribution in [0.5, 0.6) is 0 Å². The van der Waals surface area contributed by atoms with Gasteiger partial charge in [0.15, 0.2) is 5.69 Å². The normalized spacial score (nSPS) is 11.5. The van der Waals surface area contributed by atoms with E-state index < -0.39 is 17.9 Å². The second-order valence-corrected chi connectivity index (χ2v) is 6.52. The number of nitrogens with two attached hydrogens (primary N) is 1. The molecule has 0 spiro atoms. The number of carboxylic acids is 1. The van der Waals surface area contributed by atoms with Crippen LogP contribution in [0.25, 0.3) is 0 Å². The Morgan fingerprint density at radius 1 is 1.10 bits per heavy atom. The summed E-state index contributed by atoms with van der Waals surface area (Å²) >= 11 is 0. The molecular formula is C20H20N6O4. The molecule has 154 valence electrons. The lowest BCUT2D eigenvalue weighted by Gasteiger charge is -2.09. The number of nitrogen functional groups attached to an aromatic ring is 1. The van der Waals surface area contributed by atoms with Crippen LogP contribution >= 0.6 is 0 Å². The van der Waals surface area contributed by atoms with Crippen LogP contribution in [0.1, 0.15) is 39.4 Å². The van der Waals surface area contributed by atoms with Crippen molar-refractivity contribution in [3.63, 3.8) is 0 Å². The Balaban J connectivity index is 1.57. The lowest BCUT2D eigenvalue weighted by molar-refractivity contribution is -0.140. The van der Waals surface area contributed by atoms with E-state index in [-0.39, 0.29) is 18.1 Å². The monoisotopic (exact) mass is 408 g/mol. The van der Waals surface area contributed by atoms with E-state index in [0.29, 0.717) is 16.9 Å². The fourth-order valence-electron chi connectivity index (χ4n) is 2.54. The van der Waals surface area contributed by atoms with Gasteiger partial charge in [0.1, 0.15) is 6.04 Å². The average molecular weight is 408 g/mol. The fraction of sp³-hybridized carbons (Fsp3) is 0.150. The third kappa shape index (κ3) is 4.79. The van der Waals surface area contributed by atoms with Gasteiger partial charge in [-0.05, 0) is 36.8 Å². The van der Waals surface area contributed by atoms with E-state index in [0.717, 1.165) is 10.2 Å². The van der Waals surface area contributed by atoms with E-state index in [1.165, 1.54) is 13.1 Å². The second-order valence-electron chi connectivity index (χ2n) is 6.52. The van der Waals surface area contributed by atoms with Crippen LogP contribution in [0, 0.1) is 0 Å². The maximum absolute atomic E-state index is 12.3. The van der Waals surface area contributed by atoms with Crippen molar-refractivity contribution >= 4 is 29.2 Å². The van der Waals surface area contributed by atoms with Crippen LogP contribution in [-0.2, 0) is 11.3 Å². The van der Waals surface area contributed by atoms with E-state index in [4.69, 9.17) is 10.8 Å². The molecule has 0 aliphatic heterocycles. The largest absolute Gasteiger partial charge is 0.480 e. The molecule has 1 heterocycles. The number of aromatic nitrogens is 3. The predicted molar refractivity (Wildman–Crippen MR) is 109 cm³/mol. The molecule has 0 saturated carbocycles. The Kier molecular flexibility index (Phi) is 6.06. The first-order valence-corrected chi connectivity index (χ1v) is 9.03. The van der Waals surface area contributed by atoms with Crippen LogP contribution in [0.4, 0.5) is 11.4 Å². The Morgan fingerprint density at radius 3 is 2.47 bits per heavy atom. The minimum Gasteiger partial charge on any atom is -0.480 e. The lowest BCUT2D eigenvalue weighted by atomic mass is 10.1. The highest BCUT2D eigenvalue weighted by Crippen LogP contribution is 2.18. The number of benzene rings is 2. The average Bonchev–Trinajstić information content (AvgIpc) is 3.23. The molecule has 0 fully saturated rings. The standard InChI is InChI=1S/C20H20N6O4/c1-12(20(29)30)26-11-17(24-25-26)19(28)22-10-13-6-8-14(9-7-13)18(27)23-16-5-3-2-4-15(16)21/h2-9,11-12H,10,21H2,1H3,(H,22,28)(H,23,27)(H,29,30). The van der Waals surface area contributed by atoms with Crippen LogP contribution in [0.2, 0.25) is 0 Å². The molecule has 3 rings (SSSR count). The number of carbonyl (C=O) groups excluding carboxylic acids is 2. The number of aliphatic carboxylic acids is 1. The van der Waals surface area contributed by atoms with Crippen molar-refractivity contribution in [2.75, 3.05) is 11.1 Å². The highest BCUT2D eigenvalue weighted by atomic mass is 16.4. The van der Waals surface area contributed by atoms with Gasteiger partial charge in [-0.1, -0.05) is 29.5 Å². The van der Waals surface area contributed by atoms with Gasteiger partial charge in [0.2, 0.25) is 0 Å². The van der Waals surface area contributed by atoms with Gasteiger partial charge in [-0.15, -0.1) is 5.10 Å². The van der Waals surface area contributed by atoms with E-state index >= 15 is 0 Å². The molecular weight excluding hydrogens is 388 g/mol. The molecule has 3 aromatic rings. The van der Waals surface area contributed by atoms with Gasteiger partial charge in [-0.25, -0.2) is 9.48 Å². The molecule has 1 aromatic heterocycles. The number of amides is 2. The number of hydrogen-bond donors (Lipinski definition) is 4. The van der Waals surface area contributed by atoms with Crippen LogP contribution in [0.15, 0.2) is 54.7 Å². The summed E-state index contributed by atoms with van der Waals surface area (Å²) in [6.45, 7) is 1.64. The number of anilines is 2. The maximum Gasteiger partial charge on any atom is 0.328 e. The van der Waals surface area contributed by atoms with Gasteiger partial charge >= 0.3 is 5.97 Å². The second kappa shape index (κ2) is 8.86. The minimum absolute atomic E-state index is 0.0135. The fourth-order valence-corrected chi connectivity index (χ4v) is 2.54. The first-order valence-electron chi connectivity index (χ1n) is 9.03. The molecule has 2 aromatic carbocycles. The number of rotatable bonds is 7. The third-order valence-corrected chi connectivity index (χ3v) is 4.38. The Morgan fingerprint density at radius 2 is 1.80 bits per heavy atom. The van der Waals surface area contributed by atoms with Gasteiger partial charge in [0, 0.05) is 12.1 Å². The summed E-state index contributed by atoms with van der Waals surface area (Å²) in [5.41, 5.74) is 8.05. The maximum atomic E-state index is 12.3. The quantitative estimate of drug-likeness (QED) is 0.434. The van der Waals surface area contributed by atoms with Crippen LogP contribution < -0.4 is 16.4 Å². The highest BCUT2D eigenvalue weighted by molar-refractivity contribution is 6.05. The SMILES string of the molecule is CC(C(=O)O)n1cc(C(=O)NCc2ccc(C(=O)Nc3ccccc3N)cc2)nn1. The number of hydrogen-bond acceptors (Lipinski definition) is 6. The lowest BCUT2D eigenvalue weighted by Crippen LogP contribution is -2.23. The third-order valence-electron chi connectivity index (χ3n) is 4.38. The smallest absolute Gasteiger partial charge is 0.328 e. The summed E-state index contributed by atoms with van der Waals surface area (Å²) in [6.07, 6.45) is 1.27. The molecule has 0 radical (unpaired) electrons. The van der Waals surface area contributed by atoms with Crippen molar-refractivity contribution in [3.05, 3.63) is 71.5 Å². The zero-order chi connectivity index (χ0) is 21.7. The number of nitrogens with one attached hydrogen (secondary N) is 2. The van der Waals surface area contributed by atoms with E-state index in [1.807, 2.05) is 0 Å². The van der Waals surface area contributed by atoms with Crippen molar-refractivity contribution < 1.29 is 19.5 Å². The van der Waals surface area contributed by atoms with E-state index in [1.54, 1.807) is 48.5 Å². The molecule has 1 unspecified atom stereocenters. The summed E-state index contributed by atoms with van der Waals surface area (Å²) < 4.78 is 1.10. The zero-order valence-electron chi connectivity index (χ0n) is 16.1. The Bertz CT molecular complexity index is 1080. The van der Waals surface area contributed by atoms with Gasteiger partial charge < -0.3 is 21.5 Å². The molecule has 2 amide bonds. The van der Waals surface area contributed by atoms with Crippen LogP contribution in [-0.4, -0.2) is 37.9 Å². The molecule has 0 aliphatic carbocycles. The van der Waals surface area contributed by atoms with E-state index in [2.05, 4.69) is 20.9 Å². The zero-order valence-corrected chi connectivity index (χ0v) is 16.1. The van der Waals surface area contributed by atoms with Crippen LogP contribution in [0.3, 0.4) is 0 Å². The molecule has 0 saturated heterocycles. The highest BCUT2D eigenvalue weighted by Gasteiger charge is 2.18.